The molecule has 1 atom stereocenters. The van der Waals surface area contributed by atoms with Gasteiger partial charge in [-0.2, -0.15) is 0 Å². The second-order valence-corrected chi connectivity index (χ2v) is 5.92. The molecule has 0 saturated heterocycles. The summed E-state index contributed by atoms with van der Waals surface area (Å²) in [5, 5.41) is 3.34. The molecule has 1 N–H and O–H groups in total. The summed E-state index contributed by atoms with van der Waals surface area (Å²) in [5.74, 6) is 1.58. The van der Waals surface area contributed by atoms with Crippen LogP contribution in [-0.2, 0) is 0 Å². The summed E-state index contributed by atoms with van der Waals surface area (Å²) in [6.07, 6.45) is 2.59. The summed E-state index contributed by atoms with van der Waals surface area (Å²) in [6.45, 7) is 4.89. The topological polar surface area (TPSA) is 54.5 Å². The SMILES string of the molecule is CCCOc1ccc(C(C)Nc2ccc(C(=O)N(C)C)cn2)cc1. The summed E-state index contributed by atoms with van der Waals surface area (Å²) in [6, 6.07) is 11.8. The number of benzene rings is 1. The molecule has 0 spiro atoms. The molecule has 128 valence electrons. The Hall–Kier alpha value is -2.56. The number of hydrogen-bond donors (Lipinski definition) is 1. The quantitative estimate of drug-likeness (QED) is 0.841. The normalized spacial score (nSPS) is 11.7. The highest BCUT2D eigenvalue weighted by Crippen LogP contribution is 2.21. The average Bonchev–Trinajstić information content (AvgIpc) is 2.60. The monoisotopic (exact) mass is 327 g/mol. The van der Waals surface area contributed by atoms with Crippen LogP contribution in [0.3, 0.4) is 0 Å². The number of rotatable bonds is 7. The van der Waals surface area contributed by atoms with Crippen molar-refractivity contribution < 1.29 is 9.53 Å². The highest BCUT2D eigenvalue weighted by Gasteiger charge is 2.10. The molecule has 1 heterocycles. The lowest BCUT2D eigenvalue weighted by Crippen LogP contribution is -2.21. The van der Waals surface area contributed by atoms with Crippen LogP contribution in [0.5, 0.6) is 5.75 Å². The lowest BCUT2D eigenvalue weighted by Gasteiger charge is -2.16. The second kappa shape index (κ2) is 8.34. The Balaban J connectivity index is 1.98. The molecule has 24 heavy (non-hydrogen) atoms. The molecule has 2 rings (SSSR count). The molecule has 0 saturated carbocycles. The Morgan fingerprint density at radius 1 is 1.21 bits per heavy atom. The van der Waals surface area contributed by atoms with E-state index >= 15 is 0 Å². The molecule has 1 aromatic carbocycles. The molecule has 1 amide bonds. The molecule has 0 aliphatic heterocycles. The van der Waals surface area contributed by atoms with Crippen LogP contribution in [-0.4, -0.2) is 36.5 Å². The number of pyridine rings is 1. The number of nitrogens with one attached hydrogen (secondary N) is 1. The maximum absolute atomic E-state index is 11.9. The zero-order valence-corrected chi connectivity index (χ0v) is 14.7. The molecule has 2 aromatic rings. The average molecular weight is 327 g/mol. The summed E-state index contributed by atoms with van der Waals surface area (Å²) >= 11 is 0. The lowest BCUT2D eigenvalue weighted by molar-refractivity contribution is 0.0827. The van der Waals surface area contributed by atoms with E-state index in [1.165, 1.54) is 4.90 Å². The number of anilines is 1. The minimum atomic E-state index is -0.0511. The fraction of sp³-hybridized carbons (Fsp3) is 0.368. The van der Waals surface area contributed by atoms with Crippen LogP contribution >= 0.6 is 0 Å². The van der Waals surface area contributed by atoms with Crippen molar-refractivity contribution in [3.05, 3.63) is 53.7 Å². The van der Waals surface area contributed by atoms with E-state index in [2.05, 4.69) is 24.1 Å². The van der Waals surface area contributed by atoms with Crippen LogP contribution in [0.15, 0.2) is 42.6 Å². The van der Waals surface area contributed by atoms with Gasteiger partial charge < -0.3 is 15.0 Å². The molecule has 1 aromatic heterocycles. The first-order valence-electron chi connectivity index (χ1n) is 8.18. The van der Waals surface area contributed by atoms with Crippen LogP contribution in [0.25, 0.3) is 0 Å². The van der Waals surface area contributed by atoms with Crippen molar-refractivity contribution in [1.29, 1.82) is 0 Å². The van der Waals surface area contributed by atoms with Gasteiger partial charge >= 0.3 is 0 Å². The molecule has 0 aliphatic rings. The van der Waals surface area contributed by atoms with Crippen molar-refractivity contribution >= 4 is 11.7 Å². The summed E-state index contributed by atoms with van der Waals surface area (Å²) in [7, 11) is 3.45. The van der Waals surface area contributed by atoms with Crippen LogP contribution in [0.4, 0.5) is 5.82 Å². The Morgan fingerprint density at radius 3 is 2.46 bits per heavy atom. The molecule has 0 bridgehead atoms. The molecule has 0 fully saturated rings. The molecular weight excluding hydrogens is 302 g/mol. The van der Waals surface area contributed by atoms with Crippen LogP contribution in [0.1, 0.15) is 42.2 Å². The molecule has 0 aliphatic carbocycles. The first-order chi connectivity index (χ1) is 11.5. The highest BCUT2D eigenvalue weighted by molar-refractivity contribution is 5.93. The fourth-order valence-corrected chi connectivity index (χ4v) is 2.24. The van der Waals surface area contributed by atoms with Gasteiger partial charge in [0.15, 0.2) is 0 Å². The van der Waals surface area contributed by atoms with Gasteiger partial charge in [-0.05, 0) is 43.2 Å². The van der Waals surface area contributed by atoms with Gasteiger partial charge in [-0.15, -0.1) is 0 Å². The molecule has 5 heteroatoms. The third kappa shape index (κ3) is 4.72. The van der Waals surface area contributed by atoms with Crippen LogP contribution in [0, 0.1) is 0 Å². The largest absolute Gasteiger partial charge is 0.494 e. The van der Waals surface area contributed by atoms with Crippen LogP contribution < -0.4 is 10.1 Å². The van der Waals surface area contributed by atoms with Crippen molar-refractivity contribution in [3.8, 4) is 5.75 Å². The Morgan fingerprint density at radius 2 is 1.92 bits per heavy atom. The smallest absolute Gasteiger partial charge is 0.254 e. The standard InChI is InChI=1S/C19H25N3O2/c1-5-12-24-17-9-6-15(7-10-17)14(2)21-18-11-8-16(13-20-18)19(23)22(3)4/h6-11,13-14H,5,12H2,1-4H3,(H,20,21). The molecule has 5 nitrogen and oxygen atoms in total. The summed E-state index contributed by atoms with van der Waals surface area (Å²) < 4.78 is 5.59. The van der Waals surface area contributed by atoms with E-state index in [9.17, 15) is 4.79 Å². The molecular formula is C19H25N3O2. The predicted molar refractivity (Wildman–Crippen MR) is 96.5 cm³/mol. The lowest BCUT2D eigenvalue weighted by atomic mass is 10.1. The Kier molecular flexibility index (Phi) is 6.18. The highest BCUT2D eigenvalue weighted by atomic mass is 16.5. The van der Waals surface area contributed by atoms with Gasteiger partial charge in [-0.3, -0.25) is 4.79 Å². The van der Waals surface area contributed by atoms with Gasteiger partial charge in [0.2, 0.25) is 0 Å². The zero-order valence-electron chi connectivity index (χ0n) is 14.7. The number of carbonyl (C=O) groups is 1. The van der Waals surface area contributed by atoms with Crippen molar-refractivity contribution in [1.82, 2.24) is 9.88 Å². The number of amides is 1. The maximum atomic E-state index is 11.9. The summed E-state index contributed by atoms with van der Waals surface area (Å²) in [4.78, 5) is 17.7. The van der Waals surface area contributed by atoms with Crippen molar-refractivity contribution in [2.45, 2.75) is 26.3 Å². The van der Waals surface area contributed by atoms with E-state index < -0.39 is 0 Å². The van der Waals surface area contributed by atoms with Gasteiger partial charge in [0, 0.05) is 26.3 Å². The van der Waals surface area contributed by atoms with E-state index in [1.807, 2.05) is 30.3 Å². The van der Waals surface area contributed by atoms with E-state index in [0.29, 0.717) is 5.56 Å². The van der Waals surface area contributed by atoms with Gasteiger partial charge in [0.1, 0.15) is 11.6 Å². The first kappa shape index (κ1) is 17.8. The van der Waals surface area contributed by atoms with E-state index in [-0.39, 0.29) is 11.9 Å². The van der Waals surface area contributed by atoms with Gasteiger partial charge in [-0.25, -0.2) is 4.98 Å². The number of hydrogen-bond acceptors (Lipinski definition) is 4. The molecule has 1 unspecified atom stereocenters. The Labute approximate surface area is 143 Å². The third-order valence-corrected chi connectivity index (χ3v) is 3.63. The van der Waals surface area contributed by atoms with E-state index in [4.69, 9.17) is 4.74 Å². The number of nitrogens with zero attached hydrogens (tertiary/aromatic N) is 2. The third-order valence-electron chi connectivity index (χ3n) is 3.63. The first-order valence-corrected chi connectivity index (χ1v) is 8.18. The van der Waals surface area contributed by atoms with Crippen molar-refractivity contribution in [3.63, 3.8) is 0 Å². The predicted octanol–water partition coefficient (Wildman–Crippen LogP) is 3.75. The van der Waals surface area contributed by atoms with Gasteiger partial charge in [0.25, 0.3) is 5.91 Å². The molecule has 0 radical (unpaired) electrons. The zero-order chi connectivity index (χ0) is 17.5. The number of carbonyl (C=O) groups excluding carboxylic acids is 1. The minimum absolute atomic E-state index is 0.0511. The van der Waals surface area contributed by atoms with Gasteiger partial charge in [-0.1, -0.05) is 19.1 Å². The Bertz CT molecular complexity index is 651. The minimum Gasteiger partial charge on any atom is -0.494 e. The summed E-state index contributed by atoms with van der Waals surface area (Å²) in [5.41, 5.74) is 1.73. The fourth-order valence-electron chi connectivity index (χ4n) is 2.24. The van der Waals surface area contributed by atoms with Gasteiger partial charge in [0.05, 0.1) is 12.2 Å². The van der Waals surface area contributed by atoms with Crippen molar-refractivity contribution in [2.24, 2.45) is 0 Å². The van der Waals surface area contributed by atoms with E-state index in [0.717, 1.165) is 30.2 Å². The number of ether oxygens (including phenoxy) is 1. The number of aromatic nitrogens is 1. The van der Waals surface area contributed by atoms with Crippen LogP contribution in [0.2, 0.25) is 0 Å². The second-order valence-electron chi connectivity index (χ2n) is 5.92. The maximum Gasteiger partial charge on any atom is 0.254 e. The van der Waals surface area contributed by atoms with E-state index in [1.54, 1.807) is 26.4 Å². The van der Waals surface area contributed by atoms with Crippen molar-refractivity contribution in [2.75, 3.05) is 26.0 Å².